The van der Waals surface area contributed by atoms with Gasteiger partial charge in [0.1, 0.15) is 11.4 Å². The minimum atomic E-state index is -0.271. The number of aromatic amines is 1. The van der Waals surface area contributed by atoms with Crippen molar-refractivity contribution in [2.75, 3.05) is 29.0 Å². The van der Waals surface area contributed by atoms with E-state index >= 15 is 0 Å². The van der Waals surface area contributed by atoms with Gasteiger partial charge in [0.15, 0.2) is 0 Å². The molecule has 6 heteroatoms. The van der Waals surface area contributed by atoms with E-state index in [1.165, 1.54) is 6.20 Å². The first-order valence-electron chi connectivity index (χ1n) is 6.60. The third-order valence-corrected chi connectivity index (χ3v) is 3.17. The predicted molar refractivity (Wildman–Crippen MR) is 81.0 cm³/mol. The Morgan fingerprint density at radius 1 is 1.30 bits per heavy atom. The molecule has 1 aromatic carbocycles. The highest BCUT2D eigenvalue weighted by atomic mass is 16.1. The quantitative estimate of drug-likeness (QED) is 0.778. The minimum Gasteiger partial charge on any atom is -0.383 e. The first-order chi connectivity index (χ1) is 9.65. The number of aromatic nitrogens is 2. The van der Waals surface area contributed by atoms with E-state index in [9.17, 15) is 4.79 Å². The normalized spacial score (nSPS) is 10.3. The van der Waals surface area contributed by atoms with Crippen LogP contribution in [0.1, 0.15) is 24.2 Å². The third-order valence-electron chi connectivity index (χ3n) is 3.17. The lowest BCUT2D eigenvalue weighted by Gasteiger charge is -2.21. The van der Waals surface area contributed by atoms with Gasteiger partial charge in [-0.05, 0) is 38.1 Å². The summed E-state index contributed by atoms with van der Waals surface area (Å²) in [5, 5.41) is 9.05. The molecule has 0 aliphatic rings. The Kier molecular flexibility index (Phi) is 4.24. The van der Waals surface area contributed by atoms with Gasteiger partial charge in [0.25, 0.3) is 5.91 Å². The van der Waals surface area contributed by atoms with E-state index in [-0.39, 0.29) is 11.7 Å². The van der Waals surface area contributed by atoms with E-state index in [2.05, 4.69) is 34.3 Å². The van der Waals surface area contributed by atoms with Crippen LogP contribution in [0.15, 0.2) is 30.5 Å². The van der Waals surface area contributed by atoms with Crippen molar-refractivity contribution in [3.8, 4) is 0 Å². The number of nitrogens with zero attached hydrogens (tertiary/aromatic N) is 2. The number of amides is 1. The van der Waals surface area contributed by atoms with Gasteiger partial charge in [-0.3, -0.25) is 9.89 Å². The molecule has 0 unspecified atom stereocenters. The zero-order chi connectivity index (χ0) is 14.5. The van der Waals surface area contributed by atoms with Crippen LogP contribution in [-0.4, -0.2) is 29.2 Å². The fourth-order valence-corrected chi connectivity index (χ4v) is 2.02. The lowest BCUT2D eigenvalue weighted by molar-refractivity contribution is 0.102. The van der Waals surface area contributed by atoms with Gasteiger partial charge in [-0.1, -0.05) is 0 Å². The largest absolute Gasteiger partial charge is 0.383 e. The van der Waals surface area contributed by atoms with Gasteiger partial charge < -0.3 is 16.0 Å². The summed E-state index contributed by atoms with van der Waals surface area (Å²) in [6.07, 6.45) is 1.41. The second-order valence-electron chi connectivity index (χ2n) is 4.37. The van der Waals surface area contributed by atoms with Crippen LogP contribution in [0, 0.1) is 0 Å². The highest BCUT2D eigenvalue weighted by molar-refractivity contribution is 6.07. The zero-order valence-corrected chi connectivity index (χ0v) is 11.7. The first kappa shape index (κ1) is 13.9. The minimum absolute atomic E-state index is 0.266. The SMILES string of the molecule is CCN(CC)c1ccc(NC(=O)c2cn[nH]c2N)cc1. The van der Waals surface area contributed by atoms with Crippen molar-refractivity contribution in [3.63, 3.8) is 0 Å². The van der Waals surface area contributed by atoms with E-state index in [4.69, 9.17) is 5.73 Å². The molecule has 2 aromatic rings. The van der Waals surface area contributed by atoms with Crippen molar-refractivity contribution >= 4 is 23.1 Å². The lowest BCUT2D eigenvalue weighted by atomic mass is 10.2. The van der Waals surface area contributed by atoms with Crippen LogP contribution in [0.5, 0.6) is 0 Å². The van der Waals surface area contributed by atoms with Crippen LogP contribution in [0.2, 0.25) is 0 Å². The molecule has 0 bridgehead atoms. The Balaban J connectivity index is 2.08. The maximum atomic E-state index is 12.0. The molecule has 0 radical (unpaired) electrons. The van der Waals surface area contributed by atoms with Crippen LogP contribution < -0.4 is 16.0 Å². The molecule has 1 aromatic heterocycles. The van der Waals surface area contributed by atoms with E-state index in [0.29, 0.717) is 5.56 Å². The topological polar surface area (TPSA) is 87.0 Å². The number of H-pyrrole nitrogens is 1. The number of hydrogen-bond acceptors (Lipinski definition) is 4. The van der Waals surface area contributed by atoms with Gasteiger partial charge in [0, 0.05) is 24.5 Å². The van der Waals surface area contributed by atoms with Gasteiger partial charge in [0.05, 0.1) is 6.20 Å². The average Bonchev–Trinajstić information content (AvgIpc) is 2.88. The van der Waals surface area contributed by atoms with Gasteiger partial charge in [-0.2, -0.15) is 5.10 Å². The number of benzene rings is 1. The van der Waals surface area contributed by atoms with Gasteiger partial charge in [0.2, 0.25) is 0 Å². The van der Waals surface area contributed by atoms with Crippen molar-refractivity contribution in [1.29, 1.82) is 0 Å². The number of carbonyl (C=O) groups is 1. The molecule has 106 valence electrons. The number of hydrogen-bond donors (Lipinski definition) is 3. The van der Waals surface area contributed by atoms with Gasteiger partial charge >= 0.3 is 0 Å². The summed E-state index contributed by atoms with van der Waals surface area (Å²) >= 11 is 0. The molecule has 0 saturated heterocycles. The van der Waals surface area contributed by atoms with Crippen LogP contribution in [0.3, 0.4) is 0 Å². The number of anilines is 3. The summed E-state index contributed by atoms with van der Waals surface area (Å²) in [5.74, 6) is -0.00546. The molecular formula is C14H19N5O. The summed E-state index contributed by atoms with van der Waals surface area (Å²) in [5.41, 5.74) is 7.82. The van der Waals surface area contributed by atoms with E-state index in [1.54, 1.807) is 0 Å². The Bertz CT molecular complexity index is 572. The molecule has 0 saturated carbocycles. The van der Waals surface area contributed by atoms with Gasteiger partial charge in [-0.15, -0.1) is 0 Å². The zero-order valence-electron chi connectivity index (χ0n) is 11.7. The molecular weight excluding hydrogens is 254 g/mol. The van der Waals surface area contributed by atoms with E-state index in [0.717, 1.165) is 24.5 Å². The van der Waals surface area contributed by atoms with Crippen molar-refractivity contribution in [2.45, 2.75) is 13.8 Å². The first-order valence-corrected chi connectivity index (χ1v) is 6.60. The Labute approximate surface area is 118 Å². The Morgan fingerprint density at radius 2 is 1.95 bits per heavy atom. The van der Waals surface area contributed by atoms with Crippen LogP contribution in [0.25, 0.3) is 0 Å². The third kappa shape index (κ3) is 2.90. The van der Waals surface area contributed by atoms with Crippen molar-refractivity contribution in [1.82, 2.24) is 10.2 Å². The summed E-state index contributed by atoms with van der Waals surface area (Å²) in [6.45, 7) is 6.13. The second kappa shape index (κ2) is 6.10. The molecule has 6 nitrogen and oxygen atoms in total. The Morgan fingerprint density at radius 3 is 2.45 bits per heavy atom. The highest BCUT2D eigenvalue weighted by Gasteiger charge is 2.11. The molecule has 1 amide bonds. The standard InChI is InChI=1S/C14H19N5O/c1-3-19(4-2)11-7-5-10(6-8-11)17-14(20)12-9-16-18-13(12)15/h5-9H,3-4H2,1-2H3,(H,17,20)(H3,15,16,18). The lowest BCUT2D eigenvalue weighted by Crippen LogP contribution is -2.21. The summed E-state index contributed by atoms with van der Waals surface area (Å²) in [7, 11) is 0. The second-order valence-corrected chi connectivity index (χ2v) is 4.37. The predicted octanol–water partition coefficient (Wildman–Crippen LogP) is 2.09. The number of nitrogens with two attached hydrogens (primary N) is 1. The highest BCUT2D eigenvalue weighted by Crippen LogP contribution is 2.18. The van der Waals surface area contributed by atoms with Gasteiger partial charge in [-0.25, -0.2) is 0 Å². The van der Waals surface area contributed by atoms with Crippen LogP contribution in [-0.2, 0) is 0 Å². The molecule has 0 aliphatic heterocycles. The fraction of sp³-hybridized carbons (Fsp3) is 0.286. The summed E-state index contributed by atoms with van der Waals surface area (Å²) < 4.78 is 0. The fourth-order valence-electron chi connectivity index (χ4n) is 2.02. The molecule has 20 heavy (non-hydrogen) atoms. The van der Waals surface area contributed by atoms with Crippen molar-refractivity contribution < 1.29 is 4.79 Å². The molecule has 0 aliphatic carbocycles. The van der Waals surface area contributed by atoms with Crippen molar-refractivity contribution in [3.05, 3.63) is 36.0 Å². The number of nitrogens with one attached hydrogen (secondary N) is 2. The smallest absolute Gasteiger partial charge is 0.261 e. The van der Waals surface area contributed by atoms with E-state index in [1.807, 2.05) is 24.3 Å². The molecule has 1 heterocycles. The molecule has 4 N–H and O–H groups in total. The van der Waals surface area contributed by atoms with Crippen LogP contribution in [0.4, 0.5) is 17.2 Å². The summed E-state index contributed by atoms with van der Waals surface area (Å²) in [6, 6.07) is 7.73. The molecule has 0 spiro atoms. The monoisotopic (exact) mass is 273 g/mol. The number of carbonyl (C=O) groups excluding carboxylic acids is 1. The van der Waals surface area contributed by atoms with Crippen molar-refractivity contribution in [2.24, 2.45) is 0 Å². The molecule has 0 atom stereocenters. The molecule has 2 rings (SSSR count). The number of nitrogen functional groups attached to an aromatic ring is 1. The Hall–Kier alpha value is -2.50. The van der Waals surface area contributed by atoms with Crippen LogP contribution >= 0.6 is 0 Å². The summed E-state index contributed by atoms with van der Waals surface area (Å²) in [4.78, 5) is 14.2. The average molecular weight is 273 g/mol. The maximum absolute atomic E-state index is 12.0. The maximum Gasteiger partial charge on any atom is 0.261 e. The number of rotatable bonds is 5. The van der Waals surface area contributed by atoms with E-state index < -0.39 is 0 Å². The molecule has 0 fully saturated rings.